The highest BCUT2D eigenvalue weighted by Gasteiger charge is 2.15. The number of aliphatic hydroxyl groups is 1. The normalized spacial score (nSPS) is 11.3. The van der Waals surface area contributed by atoms with Crippen molar-refractivity contribution in [2.24, 2.45) is 0 Å². The Morgan fingerprint density at radius 3 is 2.67 bits per heavy atom. The summed E-state index contributed by atoms with van der Waals surface area (Å²) >= 11 is 0. The highest BCUT2D eigenvalue weighted by Crippen LogP contribution is 2.31. The molecule has 3 aromatic rings. The summed E-state index contributed by atoms with van der Waals surface area (Å²) in [7, 11) is 1.57. The molecule has 0 radical (unpaired) electrons. The van der Waals surface area contributed by atoms with Gasteiger partial charge in [0.1, 0.15) is 36.1 Å². The molecule has 2 heterocycles. The summed E-state index contributed by atoms with van der Waals surface area (Å²) in [6.45, 7) is 0. The number of aromatic amines is 1. The number of carbonyl (C=O) groups excluding carboxylic acids is 1. The number of hydrogen-bond acceptors (Lipinski definition) is 7. The van der Waals surface area contributed by atoms with E-state index < -0.39 is 5.78 Å². The predicted molar refractivity (Wildman–Crippen MR) is 83.1 cm³/mol. The number of nitrogens with one attached hydrogen (secondary N) is 1. The fourth-order valence-corrected chi connectivity index (χ4v) is 1.92. The van der Waals surface area contributed by atoms with E-state index >= 15 is 0 Å². The van der Waals surface area contributed by atoms with Crippen LogP contribution in [0.15, 0.2) is 53.6 Å². The van der Waals surface area contributed by atoms with Gasteiger partial charge in [0, 0.05) is 6.08 Å². The maximum atomic E-state index is 11.9. The van der Waals surface area contributed by atoms with Crippen LogP contribution in [0.1, 0.15) is 16.2 Å². The molecule has 0 unspecified atom stereocenters. The largest absolute Gasteiger partial charge is 0.507 e. The number of aliphatic hydroxyl groups excluding tert-OH is 1. The summed E-state index contributed by atoms with van der Waals surface area (Å²) in [6.07, 6.45) is 4.81. The van der Waals surface area contributed by atoms with Crippen LogP contribution in [0.2, 0.25) is 0 Å². The molecule has 8 heteroatoms. The lowest BCUT2D eigenvalue weighted by molar-refractivity contribution is 0.103. The van der Waals surface area contributed by atoms with Gasteiger partial charge in [0.05, 0.1) is 12.7 Å². The molecule has 0 bridgehead atoms. The molecule has 2 N–H and O–H groups in total. The van der Waals surface area contributed by atoms with Crippen LogP contribution in [0.25, 0.3) is 5.76 Å². The van der Waals surface area contributed by atoms with Crippen molar-refractivity contribution in [3.63, 3.8) is 0 Å². The van der Waals surface area contributed by atoms with Crippen LogP contribution in [0.5, 0.6) is 17.2 Å². The van der Waals surface area contributed by atoms with Gasteiger partial charge < -0.3 is 19.0 Å². The Kier molecular flexibility index (Phi) is 4.28. The molecule has 1 aromatic carbocycles. The molecule has 0 amide bonds. The minimum Gasteiger partial charge on any atom is -0.507 e. The number of carbonyl (C=O) groups is 1. The molecule has 0 spiro atoms. The second kappa shape index (κ2) is 6.69. The van der Waals surface area contributed by atoms with Crippen LogP contribution in [-0.2, 0) is 0 Å². The Labute approximate surface area is 136 Å². The lowest BCUT2D eigenvalue weighted by Crippen LogP contribution is -1.99. The van der Waals surface area contributed by atoms with Gasteiger partial charge >= 0.3 is 0 Å². The van der Waals surface area contributed by atoms with E-state index in [1.807, 2.05) is 0 Å². The van der Waals surface area contributed by atoms with Crippen LogP contribution in [-0.4, -0.2) is 33.2 Å². The number of nitrogens with zero attached hydrogens (tertiary/aromatic N) is 2. The lowest BCUT2D eigenvalue weighted by Gasteiger charge is -2.06. The zero-order valence-corrected chi connectivity index (χ0v) is 12.6. The van der Waals surface area contributed by atoms with Crippen molar-refractivity contribution in [1.82, 2.24) is 15.2 Å². The number of furan rings is 1. The third kappa shape index (κ3) is 3.27. The fourth-order valence-electron chi connectivity index (χ4n) is 1.92. The van der Waals surface area contributed by atoms with Gasteiger partial charge in [-0.25, -0.2) is 4.98 Å². The number of rotatable bonds is 6. The van der Waals surface area contributed by atoms with Crippen LogP contribution in [0.3, 0.4) is 0 Å². The van der Waals surface area contributed by atoms with E-state index in [0.29, 0.717) is 11.5 Å². The molecule has 0 aliphatic carbocycles. The number of aromatic nitrogens is 3. The highest BCUT2D eigenvalue weighted by molar-refractivity contribution is 6.05. The third-order valence-corrected chi connectivity index (χ3v) is 3.11. The Bertz CT molecular complexity index is 850. The minimum absolute atomic E-state index is 0.0164. The highest BCUT2D eigenvalue weighted by atomic mass is 16.5. The molecule has 0 saturated carbocycles. The van der Waals surface area contributed by atoms with E-state index in [-0.39, 0.29) is 22.9 Å². The van der Waals surface area contributed by atoms with E-state index in [1.54, 1.807) is 31.4 Å². The fraction of sp³-hybridized carbons (Fsp3) is 0.0625. The maximum Gasteiger partial charge on any atom is 0.226 e. The van der Waals surface area contributed by atoms with Crippen molar-refractivity contribution in [2.45, 2.75) is 0 Å². The zero-order chi connectivity index (χ0) is 16.9. The van der Waals surface area contributed by atoms with Crippen molar-refractivity contribution in [1.29, 1.82) is 0 Å². The lowest BCUT2D eigenvalue weighted by atomic mass is 10.2. The van der Waals surface area contributed by atoms with Gasteiger partial charge in [0.2, 0.25) is 5.78 Å². The second-order valence-corrected chi connectivity index (χ2v) is 4.66. The molecule has 24 heavy (non-hydrogen) atoms. The second-order valence-electron chi connectivity index (χ2n) is 4.66. The molecule has 0 saturated heterocycles. The van der Waals surface area contributed by atoms with Crippen molar-refractivity contribution in [3.05, 3.63) is 60.6 Å². The molecular formula is C16H13N3O5. The van der Waals surface area contributed by atoms with E-state index in [4.69, 9.17) is 13.9 Å². The molecule has 3 rings (SSSR count). The SMILES string of the molecule is COc1ccc(Oc2cocc2C(O)=CC(=O)c2ncn[nH]2)cc1. The van der Waals surface area contributed by atoms with Crippen molar-refractivity contribution in [3.8, 4) is 17.2 Å². The van der Waals surface area contributed by atoms with Crippen molar-refractivity contribution >= 4 is 11.5 Å². The van der Waals surface area contributed by atoms with Gasteiger partial charge in [-0.2, -0.15) is 5.10 Å². The van der Waals surface area contributed by atoms with E-state index in [0.717, 1.165) is 6.08 Å². The molecular weight excluding hydrogens is 314 g/mol. The quantitative estimate of drug-likeness (QED) is 0.407. The summed E-state index contributed by atoms with van der Waals surface area (Å²) in [5.41, 5.74) is 0.235. The van der Waals surface area contributed by atoms with E-state index in [1.165, 1.54) is 18.9 Å². The first-order chi connectivity index (χ1) is 11.7. The number of benzene rings is 1. The number of hydrogen-bond donors (Lipinski definition) is 2. The smallest absolute Gasteiger partial charge is 0.226 e. The Morgan fingerprint density at radius 2 is 2.00 bits per heavy atom. The maximum absolute atomic E-state index is 11.9. The van der Waals surface area contributed by atoms with Gasteiger partial charge in [-0.05, 0) is 24.3 Å². The van der Waals surface area contributed by atoms with Crippen LogP contribution < -0.4 is 9.47 Å². The first-order valence-corrected chi connectivity index (χ1v) is 6.86. The summed E-state index contributed by atoms with van der Waals surface area (Å²) in [5, 5.41) is 16.1. The van der Waals surface area contributed by atoms with Gasteiger partial charge in [-0.15, -0.1) is 0 Å². The standard InChI is InChI=1S/C16H13N3O5/c1-22-10-2-4-11(5-3-10)24-15-8-23-7-12(15)13(20)6-14(21)16-17-9-18-19-16/h2-9,20H,1H3,(H,17,18,19). The molecule has 2 aromatic heterocycles. The van der Waals surface area contributed by atoms with Crippen LogP contribution >= 0.6 is 0 Å². The van der Waals surface area contributed by atoms with Crippen LogP contribution in [0.4, 0.5) is 0 Å². The Balaban J connectivity index is 1.80. The van der Waals surface area contributed by atoms with E-state index in [2.05, 4.69) is 15.2 Å². The summed E-state index contributed by atoms with van der Waals surface area (Å²) in [4.78, 5) is 15.6. The average molecular weight is 327 g/mol. The summed E-state index contributed by atoms with van der Waals surface area (Å²) in [6, 6.07) is 6.88. The van der Waals surface area contributed by atoms with Gasteiger partial charge in [0.25, 0.3) is 0 Å². The molecule has 8 nitrogen and oxygen atoms in total. The van der Waals surface area contributed by atoms with Crippen LogP contribution in [0, 0.1) is 0 Å². The number of ether oxygens (including phenoxy) is 2. The topological polar surface area (TPSA) is 110 Å². The number of ketones is 1. The van der Waals surface area contributed by atoms with Crippen molar-refractivity contribution < 1.29 is 23.8 Å². The van der Waals surface area contributed by atoms with Crippen molar-refractivity contribution in [2.75, 3.05) is 7.11 Å². The first kappa shape index (κ1) is 15.3. The first-order valence-electron chi connectivity index (χ1n) is 6.86. The average Bonchev–Trinajstić information content (AvgIpc) is 3.27. The molecule has 122 valence electrons. The monoisotopic (exact) mass is 327 g/mol. The minimum atomic E-state index is -0.526. The number of H-pyrrole nitrogens is 1. The van der Waals surface area contributed by atoms with E-state index in [9.17, 15) is 9.90 Å². The van der Waals surface area contributed by atoms with Gasteiger partial charge in [-0.3, -0.25) is 9.89 Å². The molecule has 0 aliphatic heterocycles. The Hall–Kier alpha value is -3.55. The third-order valence-electron chi connectivity index (χ3n) is 3.11. The van der Waals surface area contributed by atoms with Gasteiger partial charge in [0.15, 0.2) is 11.6 Å². The predicted octanol–water partition coefficient (Wildman–Crippen LogP) is 2.98. The number of methoxy groups -OCH3 is 1. The zero-order valence-electron chi connectivity index (χ0n) is 12.6. The molecule has 0 atom stereocenters. The molecule has 0 fully saturated rings. The summed E-state index contributed by atoms with van der Waals surface area (Å²) < 4.78 is 15.8. The van der Waals surface area contributed by atoms with Gasteiger partial charge in [-0.1, -0.05) is 0 Å². The Morgan fingerprint density at radius 1 is 1.25 bits per heavy atom. The number of allylic oxidation sites excluding steroid dienone is 1. The summed E-state index contributed by atoms with van der Waals surface area (Å²) in [5.74, 6) is 0.653. The molecule has 0 aliphatic rings.